The van der Waals surface area contributed by atoms with Gasteiger partial charge in [-0.1, -0.05) is 6.07 Å². The van der Waals surface area contributed by atoms with Gasteiger partial charge in [-0.05, 0) is 29.8 Å². The first kappa shape index (κ1) is 19.3. The smallest absolute Gasteiger partial charge is 0.240 e. The van der Waals surface area contributed by atoms with Gasteiger partial charge >= 0.3 is 0 Å². The minimum absolute atomic E-state index is 0.0336. The summed E-state index contributed by atoms with van der Waals surface area (Å²) >= 11 is 0. The third kappa shape index (κ3) is 4.26. The maximum atomic E-state index is 12.5. The zero-order valence-electron chi connectivity index (χ0n) is 15.0. The monoisotopic (exact) mass is 395 g/mol. The lowest BCUT2D eigenvalue weighted by Gasteiger charge is -2.19. The van der Waals surface area contributed by atoms with Crippen molar-refractivity contribution in [1.82, 2.24) is 4.72 Å². The molecule has 0 amide bonds. The molecule has 1 heterocycles. The number of benzene rings is 2. The normalized spacial score (nSPS) is 14.5. The van der Waals surface area contributed by atoms with E-state index in [0.717, 1.165) is 0 Å². The Morgan fingerprint density at radius 2 is 1.74 bits per heavy atom. The topological polar surface area (TPSA) is 103 Å². The Kier molecular flexibility index (Phi) is 5.73. The number of rotatable bonds is 7. The van der Waals surface area contributed by atoms with E-state index in [2.05, 4.69) is 4.72 Å². The van der Waals surface area contributed by atoms with Crippen LogP contribution in [0.5, 0.6) is 23.0 Å². The van der Waals surface area contributed by atoms with Crippen molar-refractivity contribution >= 4 is 10.0 Å². The van der Waals surface area contributed by atoms with E-state index in [-0.39, 0.29) is 11.4 Å². The maximum Gasteiger partial charge on any atom is 0.240 e. The van der Waals surface area contributed by atoms with Crippen molar-refractivity contribution < 1.29 is 32.5 Å². The number of aliphatic hydroxyl groups is 1. The Morgan fingerprint density at radius 3 is 2.44 bits per heavy atom. The first-order valence-electron chi connectivity index (χ1n) is 8.24. The van der Waals surface area contributed by atoms with Gasteiger partial charge in [0.1, 0.15) is 13.2 Å². The zero-order chi connectivity index (χ0) is 19.4. The lowest BCUT2D eigenvalue weighted by molar-refractivity contribution is 0.171. The van der Waals surface area contributed by atoms with Crippen molar-refractivity contribution in [2.75, 3.05) is 34.0 Å². The standard InChI is InChI=1S/C18H21NO7S/c1-23-15-5-3-12(9-17(15)24-2)14(20)11-19-27(21,22)13-4-6-16-18(10-13)26-8-7-25-16/h3-6,9-10,14,19-20H,7-8,11H2,1-2H3. The van der Waals surface area contributed by atoms with E-state index < -0.39 is 16.1 Å². The van der Waals surface area contributed by atoms with Crippen LogP contribution < -0.4 is 23.7 Å². The van der Waals surface area contributed by atoms with Gasteiger partial charge in [0, 0.05) is 12.6 Å². The Morgan fingerprint density at radius 1 is 1.04 bits per heavy atom. The lowest BCUT2D eigenvalue weighted by atomic mass is 10.1. The fourth-order valence-corrected chi connectivity index (χ4v) is 3.69. The van der Waals surface area contributed by atoms with Crippen LogP contribution in [-0.4, -0.2) is 47.5 Å². The fraction of sp³-hybridized carbons (Fsp3) is 0.333. The number of nitrogens with one attached hydrogen (secondary N) is 1. The lowest BCUT2D eigenvalue weighted by Crippen LogP contribution is -2.28. The number of hydrogen-bond acceptors (Lipinski definition) is 7. The largest absolute Gasteiger partial charge is 0.493 e. The van der Waals surface area contributed by atoms with Gasteiger partial charge in [-0.15, -0.1) is 0 Å². The van der Waals surface area contributed by atoms with Gasteiger partial charge in [0.05, 0.1) is 25.2 Å². The van der Waals surface area contributed by atoms with Gasteiger partial charge in [-0.2, -0.15) is 0 Å². The molecule has 1 aliphatic rings. The van der Waals surface area contributed by atoms with E-state index in [1.807, 2.05) is 0 Å². The SMILES string of the molecule is COc1ccc(C(O)CNS(=O)(=O)c2ccc3c(c2)OCCO3)cc1OC. The summed E-state index contributed by atoms with van der Waals surface area (Å²) in [6.45, 7) is 0.586. The minimum atomic E-state index is -3.83. The van der Waals surface area contributed by atoms with Gasteiger partial charge in [-0.25, -0.2) is 13.1 Å². The quantitative estimate of drug-likeness (QED) is 0.732. The first-order chi connectivity index (χ1) is 12.9. The number of ether oxygens (including phenoxy) is 4. The third-order valence-electron chi connectivity index (χ3n) is 4.08. The molecular weight excluding hydrogens is 374 g/mol. The number of methoxy groups -OCH3 is 2. The molecule has 2 aromatic carbocycles. The van der Waals surface area contributed by atoms with Crippen LogP contribution in [0.1, 0.15) is 11.7 Å². The molecule has 0 spiro atoms. The summed E-state index contributed by atoms with van der Waals surface area (Å²) in [5, 5.41) is 10.3. The van der Waals surface area contributed by atoms with E-state index in [1.165, 1.54) is 26.4 Å². The summed E-state index contributed by atoms with van der Waals surface area (Å²) in [5.74, 6) is 1.85. The van der Waals surface area contributed by atoms with Crippen LogP contribution in [0, 0.1) is 0 Å². The molecule has 0 fully saturated rings. The predicted molar refractivity (Wildman–Crippen MR) is 97.1 cm³/mol. The second kappa shape index (κ2) is 8.03. The molecule has 0 bridgehead atoms. The highest BCUT2D eigenvalue weighted by atomic mass is 32.2. The third-order valence-corrected chi connectivity index (χ3v) is 5.50. The van der Waals surface area contributed by atoms with Crippen LogP contribution in [-0.2, 0) is 10.0 Å². The predicted octanol–water partition coefficient (Wildman–Crippen LogP) is 1.49. The maximum absolute atomic E-state index is 12.5. The Bertz CT molecular complexity index is 914. The van der Waals surface area contributed by atoms with Crippen molar-refractivity contribution in [1.29, 1.82) is 0 Å². The van der Waals surface area contributed by atoms with Crippen LogP contribution in [0.2, 0.25) is 0 Å². The number of fused-ring (bicyclic) bond motifs is 1. The van der Waals surface area contributed by atoms with Crippen LogP contribution in [0.3, 0.4) is 0 Å². The van der Waals surface area contributed by atoms with Crippen LogP contribution >= 0.6 is 0 Å². The Hall–Kier alpha value is -2.49. The number of hydrogen-bond donors (Lipinski definition) is 2. The van der Waals surface area contributed by atoms with E-state index in [0.29, 0.717) is 41.8 Å². The Labute approximate surface area is 157 Å². The van der Waals surface area contributed by atoms with Crippen LogP contribution in [0.25, 0.3) is 0 Å². The summed E-state index contributed by atoms with van der Waals surface area (Å²) < 4.78 is 48.6. The molecule has 1 unspecified atom stereocenters. The molecular formula is C18H21NO7S. The van der Waals surface area contributed by atoms with Gasteiger partial charge in [-0.3, -0.25) is 0 Å². The summed E-state index contributed by atoms with van der Waals surface area (Å²) in [5.41, 5.74) is 0.498. The molecule has 146 valence electrons. The highest BCUT2D eigenvalue weighted by Gasteiger charge is 2.21. The van der Waals surface area contributed by atoms with E-state index in [4.69, 9.17) is 18.9 Å². The minimum Gasteiger partial charge on any atom is -0.493 e. The van der Waals surface area contributed by atoms with Gasteiger partial charge in [0.2, 0.25) is 10.0 Å². The summed E-state index contributed by atoms with van der Waals surface area (Å²) in [6, 6.07) is 9.27. The molecule has 0 aliphatic carbocycles. The van der Waals surface area contributed by atoms with Crippen LogP contribution in [0.4, 0.5) is 0 Å². The Balaban J connectivity index is 1.71. The molecule has 9 heteroatoms. The molecule has 2 N–H and O–H groups in total. The van der Waals surface area contributed by atoms with E-state index >= 15 is 0 Å². The first-order valence-corrected chi connectivity index (χ1v) is 9.72. The van der Waals surface area contributed by atoms with Gasteiger partial charge in [0.15, 0.2) is 23.0 Å². The molecule has 27 heavy (non-hydrogen) atoms. The summed E-state index contributed by atoms with van der Waals surface area (Å²) in [4.78, 5) is 0.0336. The summed E-state index contributed by atoms with van der Waals surface area (Å²) in [6.07, 6.45) is -1.06. The molecule has 0 saturated carbocycles. The highest BCUT2D eigenvalue weighted by Crippen LogP contribution is 2.32. The average molecular weight is 395 g/mol. The number of sulfonamides is 1. The second-order valence-electron chi connectivity index (χ2n) is 5.79. The van der Waals surface area contributed by atoms with Crippen molar-refractivity contribution in [3.8, 4) is 23.0 Å². The summed E-state index contributed by atoms with van der Waals surface area (Å²) in [7, 11) is -0.833. The molecule has 1 aliphatic heterocycles. The van der Waals surface area contributed by atoms with E-state index in [9.17, 15) is 13.5 Å². The van der Waals surface area contributed by atoms with Crippen molar-refractivity contribution in [3.05, 3.63) is 42.0 Å². The highest BCUT2D eigenvalue weighted by molar-refractivity contribution is 7.89. The molecule has 1 atom stereocenters. The molecule has 0 aromatic heterocycles. The molecule has 8 nitrogen and oxygen atoms in total. The van der Waals surface area contributed by atoms with Crippen molar-refractivity contribution in [3.63, 3.8) is 0 Å². The molecule has 0 radical (unpaired) electrons. The average Bonchev–Trinajstić information content (AvgIpc) is 2.71. The molecule has 3 rings (SSSR count). The van der Waals surface area contributed by atoms with Crippen molar-refractivity contribution in [2.24, 2.45) is 0 Å². The van der Waals surface area contributed by atoms with Crippen LogP contribution in [0.15, 0.2) is 41.3 Å². The van der Waals surface area contributed by atoms with E-state index in [1.54, 1.807) is 24.3 Å². The molecule has 0 saturated heterocycles. The van der Waals surface area contributed by atoms with Gasteiger partial charge < -0.3 is 24.1 Å². The van der Waals surface area contributed by atoms with Gasteiger partial charge in [0.25, 0.3) is 0 Å². The second-order valence-corrected chi connectivity index (χ2v) is 7.55. The van der Waals surface area contributed by atoms with Crippen molar-refractivity contribution in [2.45, 2.75) is 11.0 Å². The fourth-order valence-electron chi connectivity index (χ4n) is 2.64. The molecule has 2 aromatic rings. The zero-order valence-corrected chi connectivity index (χ0v) is 15.8. The number of aliphatic hydroxyl groups excluding tert-OH is 1.